The van der Waals surface area contributed by atoms with E-state index in [4.69, 9.17) is 4.84 Å². The highest BCUT2D eigenvalue weighted by Gasteiger charge is 2.33. The van der Waals surface area contributed by atoms with Crippen molar-refractivity contribution in [1.82, 2.24) is 0 Å². The zero-order valence-electron chi connectivity index (χ0n) is 6.27. The summed E-state index contributed by atoms with van der Waals surface area (Å²) in [6.45, 7) is 0. The van der Waals surface area contributed by atoms with E-state index in [1.54, 1.807) is 6.20 Å². The van der Waals surface area contributed by atoms with E-state index in [9.17, 15) is 0 Å². The maximum atomic E-state index is 5.14. The molecule has 12 heavy (non-hydrogen) atoms. The first-order chi connectivity index (χ1) is 5.95. The minimum atomic E-state index is 0.167. The third kappa shape index (κ3) is 0.605. The van der Waals surface area contributed by atoms with Gasteiger partial charge in [-0.05, 0) is 18.2 Å². The Hall–Kier alpha value is -1.64. The van der Waals surface area contributed by atoms with Crippen molar-refractivity contribution in [3.05, 3.63) is 36.3 Å². The Morgan fingerprint density at radius 2 is 2.25 bits per heavy atom. The molecule has 3 rings (SSSR count). The zero-order valence-corrected chi connectivity index (χ0v) is 6.27. The lowest BCUT2D eigenvalue weighted by Crippen LogP contribution is -2.23. The molecule has 3 heteroatoms. The monoisotopic (exact) mass is 158 g/mol. The molecule has 3 nitrogen and oxygen atoms in total. The quantitative estimate of drug-likeness (QED) is 0.524. The molecule has 0 saturated heterocycles. The number of aliphatic imine (C=N–C) groups is 1. The molecule has 2 heterocycles. The molecule has 0 N–H and O–H groups in total. The van der Waals surface area contributed by atoms with Crippen LogP contribution in [0.5, 0.6) is 0 Å². The molecule has 0 bridgehead atoms. The lowest BCUT2D eigenvalue weighted by Gasteiger charge is -2.15. The topological polar surface area (TPSA) is 34.0 Å². The van der Waals surface area contributed by atoms with Crippen LogP contribution in [0.1, 0.15) is 0 Å². The molecular weight excluding hydrogens is 152 g/mol. The van der Waals surface area contributed by atoms with Crippen LogP contribution in [0.3, 0.4) is 0 Å². The van der Waals surface area contributed by atoms with Gasteiger partial charge in [-0.15, -0.1) is 0 Å². The molecule has 3 aliphatic rings. The van der Waals surface area contributed by atoms with Crippen LogP contribution in [-0.2, 0) is 4.84 Å². The van der Waals surface area contributed by atoms with E-state index in [2.05, 4.69) is 10.1 Å². The molecule has 1 unspecified atom stereocenters. The normalized spacial score (nSPS) is 28.7. The first kappa shape index (κ1) is 5.94. The van der Waals surface area contributed by atoms with Gasteiger partial charge >= 0.3 is 0 Å². The van der Waals surface area contributed by atoms with E-state index in [-0.39, 0.29) is 5.92 Å². The van der Waals surface area contributed by atoms with Gasteiger partial charge in [0.1, 0.15) is 11.7 Å². The van der Waals surface area contributed by atoms with Crippen LogP contribution in [0.2, 0.25) is 0 Å². The van der Waals surface area contributed by atoms with Gasteiger partial charge in [0.15, 0.2) is 0 Å². The van der Waals surface area contributed by atoms with Crippen LogP contribution in [-0.4, -0.2) is 11.4 Å². The Bertz CT molecular complexity index is 385. The van der Waals surface area contributed by atoms with Gasteiger partial charge < -0.3 is 4.84 Å². The van der Waals surface area contributed by atoms with Crippen molar-refractivity contribution in [2.24, 2.45) is 16.1 Å². The van der Waals surface area contributed by atoms with Gasteiger partial charge in [-0.2, -0.15) is 0 Å². The van der Waals surface area contributed by atoms with E-state index in [1.165, 1.54) is 0 Å². The summed E-state index contributed by atoms with van der Waals surface area (Å²) in [5, 5.41) is 3.94. The summed E-state index contributed by atoms with van der Waals surface area (Å²) in [6.07, 6.45) is 9.49. The van der Waals surface area contributed by atoms with Crippen molar-refractivity contribution >= 4 is 11.4 Å². The summed E-state index contributed by atoms with van der Waals surface area (Å²) in [5.74, 6) is 1.05. The second kappa shape index (κ2) is 1.94. The van der Waals surface area contributed by atoms with E-state index < -0.39 is 0 Å². The molecule has 1 aliphatic carbocycles. The average molecular weight is 158 g/mol. The molecule has 1 atom stereocenters. The van der Waals surface area contributed by atoms with Gasteiger partial charge in [0, 0.05) is 6.20 Å². The number of oxime groups is 1. The van der Waals surface area contributed by atoms with Crippen molar-refractivity contribution < 1.29 is 4.84 Å². The molecule has 0 spiro atoms. The van der Waals surface area contributed by atoms with Gasteiger partial charge in [0.05, 0.1) is 11.4 Å². The second-order valence-corrected chi connectivity index (χ2v) is 2.84. The van der Waals surface area contributed by atoms with Crippen LogP contribution < -0.4 is 0 Å². The standard InChI is InChI=1S/C9H6N2O/c1-2-6-9-7(4-5-10-6)11-12-8(9)3-1/h1-5,9H. The number of rotatable bonds is 0. The molecule has 0 radical (unpaired) electrons. The molecule has 2 aliphatic heterocycles. The highest BCUT2D eigenvalue weighted by Crippen LogP contribution is 2.29. The predicted molar refractivity (Wildman–Crippen MR) is 45.8 cm³/mol. The fraction of sp³-hybridized carbons (Fsp3) is 0.111. The zero-order chi connectivity index (χ0) is 7.97. The summed E-state index contributed by atoms with van der Waals surface area (Å²) in [6, 6.07) is 0. The van der Waals surface area contributed by atoms with Crippen molar-refractivity contribution in [2.45, 2.75) is 0 Å². The Morgan fingerprint density at radius 1 is 1.25 bits per heavy atom. The lowest BCUT2D eigenvalue weighted by molar-refractivity contribution is 0.239. The fourth-order valence-corrected chi connectivity index (χ4v) is 1.56. The SMILES string of the molecule is C1=CC2=NC=CC3=NOC(=C1)C23. The highest BCUT2D eigenvalue weighted by molar-refractivity contribution is 6.20. The van der Waals surface area contributed by atoms with Crippen LogP contribution in [0, 0.1) is 5.92 Å². The summed E-state index contributed by atoms with van der Waals surface area (Å²) < 4.78 is 0. The van der Waals surface area contributed by atoms with Gasteiger partial charge in [0.2, 0.25) is 0 Å². The van der Waals surface area contributed by atoms with Crippen molar-refractivity contribution in [3.63, 3.8) is 0 Å². The Morgan fingerprint density at radius 3 is 3.25 bits per heavy atom. The lowest BCUT2D eigenvalue weighted by atomic mass is 9.90. The molecule has 58 valence electrons. The van der Waals surface area contributed by atoms with Crippen molar-refractivity contribution in [1.29, 1.82) is 0 Å². The smallest absolute Gasteiger partial charge is 0.150 e. The molecule has 0 amide bonds. The molecule has 0 aromatic heterocycles. The molecule has 0 fully saturated rings. The number of hydrogen-bond acceptors (Lipinski definition) is 3. The third-order valence-electron chi connectivity index (χ3n) is 2.13. The average Bonchev–Trinajstić information content (AvgIpc) is 2.52. The van der Waals surface area contributed by atoms with E-state index in [0.717, 1.165) is 17.2 Å². The van der Waals surface area contributed by atoms with Crippen LogP contribution in [0.25, 0.3) is 0 Å². The minimum absolute atomic E-state index is 0.167. The maximum absolute atomic E-state index is 5.14. The predicted octanol–water partition coefficient (Wildman–Crippen LogP) is 1.41. The number of nitrogens with zero attached hydrogens (tertiary/aromatic N) is 2. The molecule has 0 aromatic carbocycles. The highest BCUT2D eigenvalue weighted by atomic mass is 16.6. The van der Waals surface area contributed by atoms with Crippen LogP contribution >= 0.6 is 0 Å². The first-order valence-corrected chi connectivity index (χ1v) is 3.82. The number of allylic oxidation sites excluding steroid dienone is 5. The fourth-order valence-electron chi connectivity index (χ4n) is 1.56. The summed E-state index contributed by atoms with van der Waals surface area (Å²) >= 11 is 0. The van der Waals surface area contributed by atoms with Gasteiger partial charge in [-0.1, -0.05) is 11.2 Å². The number of hydrogen-bond donors (Lipinski definition) is 0. The minimum Gasteiger partial charge on any atom is -0.360 e. The van der Waals surface area contributed by atoms with E-state index in [0.29, 0.717) is 0 Å². The largest absolute Gasteiger partial charge is 0.360 e. The molecule has 0 saturated carbocycles. The van der Waals surface area contributed by atoms with Crippen molar-refractivity contribution in [2.75, 3.05) is 0 Å². The molecular formula is C9H6N2O. The summed E-state index contributed by atoms with van der Waals surface area (Å²) in [7, 11) is 0. The van der Waals surface area contributed by atoms with Crippen molar-refractivity contribution in [3.8, 4) is 0 Å². The van der Waals surface area contributed by atoms with E-state index >= 15 is 0 Å². The molecule has 0 aromatic rings. The van der Waals surface area contributed by atoms with Crippen LogP contribution in [0.4, 0.5) is 0 Å². The maximum Gasteiger partial charge on any atom is 0.150 e. The van der Waals surface area contributed by atoms with Crippen LogP contribution in [0.15, 0.2) is 46.4 Å². The Labute approximate surface area is 69.4 Å². The second-order valence-electron chi connectivity index (χ2n) is 2.84. The van der Waals surface area contributed by atoms with E-state index in [1.807, 2.05) is 24.3 Å². The third-order valence-corrected chi connectivity index (χ3v) is 2.13. The first-order valence-electron chi connectivity index (χ1n) is 3.82. The summed E-state index contributed by atoms with van der Waals surface area (Å²) in [5.41, 5.74) is 1.97. The Balaban J connectivity index is 2.22. The Kier molecular flexibility index (Phi) is 0.961. The van der Waals surface area contributed by atoms with Gasteiger partial charge in [-0.25, -0.2) is 0 Å². The summed E-state index contributed by atoms with van der Waals surface area (Å²) in [4.78, 5) is 9.38. The van der Waals surface area contributed by atoms with Gasteiger partial charge in [0.25, 0.3) is 0 Å². The van der Waals surface area contributed by atoms with Gasteiger partial charge in [-0.3, -0.25) is 4.99 Å².